The van der Waals surface area contributed by atoms with Gasteiger partial charge >= 0.3 is 0 Å². The highest BCUT2D eigenvalue weighted by atomic mass is 79.9. The first-order valence-electron chi connectivity index (χ1n) is 4.86. The molecule has 0 saturated heterocycles. The molecule has 1 aromatic rings. The van der Waals surface area contributed by atoms with Crippen LogP contribution in [0.4, 0.5) is 0 Å². The molecule has 0 aliphatic rings. The molecule has 0 saturated carbocycles. The number of nitrogens with two attached hydrogens (primary N) is 1. The van der Waals surface area contributed by atoms with E-state index in [1.807, 2.05) is 12.1 Å². The molecule has 84 valence electrons. The molecular formula is C11H15BrClNO. The number of methoxy groups -OCH3 is 1. The van der Waals surface area contributed by atoms with Gasteiger partial charge in [-0.1, -0.05) is 18.5 Å². The molecule has 15 heavy (non-hydrogen) atoms. The molecule has 0 fully saturated rings. The summed E-state index contributed by atoms with van der Waals surface area (Å²) in [5.41, 5.74) is 6.96. The molecule has 0 heterocycles. The summed E-state index contributed by atoms with van der Waals surface area (Å²) in [6, 6.07) is 3.93. The lowest BCUT2D eigenvalue weighted by Gasteiger charge is -2.13. The molecule has 1 unspecified atom stereocenters. The summed E-state index contributed by atoms with van der Waals surface area (Å²) < 4.78 is 6.12. The van der Waals surface area contributed by atoms with Crippen molar-refractivity contribution in [2.24, 2.45) is 5.73 Å². The lowest BCUT2D eigenvalue weighted by atomic mass is 10.0. The fourth-order valence-electron chi connectivity index (χ4n) is 1.35. The van der Waals surface area contributed by atoms with Gasteiger partial charge in [-0.25, -0.2) is 0 Å². The second-order valence-corrected chi connectivity index (χ2v) is 4.71. The highest BCUT2D eigenvalue weighted by molar-refractivity contribution is 9.10. The third kappa shape index (κ3) is 3.37. The van der Waals surface area contributed by atoms with E-state index in [9.17, 15) is 0 Å². The Morgan fingerprint density at radius 1 is 1.53 bits per heavy atom. The van der Waals surface area contributed by atoms with E-state index in [4.69, 9.17) is 22.1 Å². The number of hydrogen-bond donors (Lipinski definition) is 1. The predicted octanol–water partition coefficient (Wildman–Crippen LogP) is 3.39. The van der Waals surface area contributed by atoms with Crippen molar-refractivity contribution in [2.45, 2.75) is 25.8 Å². The highest BCUT2D eigenvalue weighted by Crippen LogP contribution is 2.31. The van der Waals surface area contributed by atoms with Crippen LogP contribution in [0.1, 0.15) is 18.9 Å². The lowest BCUT2D eigenvalue weighted by Crippen LogP contribution is -2.21. The Labute approximate surface area is 104 Å². The molecule has 2 nitrogen and oxygen atoms in total. The fourth-order valence-corrected chi connectivity index (χ4v) is 1.85. The third-order valence-corrected chi connectivity index (χ3v) is 3.53. The first-order valence-corrected chi connectivity index (χ1v) is 6.03. The van der Waals surface area contributed by atoms with E-state index in [1.54, 1.807) is 7.11 Å². The average Bonchev–Trinajstić information content (AvgIpc) is 2.22. The van der Waals surface area contributed by atoms with Crippen molar-refractivity contribution in [1.82, 2.24) is 0 Å². The van der Waals surface area contributed by atoms with Gasteiger partial charge in [0.05, 0.1) is 12.1 Å². The third-order valence-electron chi connectivity index (χ3n) is 2.33. The molecule has 2 N–H and O–H groups in total. The Hall–Kier alpha value is -0.250. The van der Waals surface area contributed by atoms with E-state index in [2.05, 4.69) is 22.9 Å². The number of hydrogen-bond acceptors (Lipinski definition) is 2. The number of halogens is 2. The topological polar surface area (TPSA) is 35.2 Å². The van der Waals surface area contributed by atoms with Gasteiger partial charge in [-0.2, -0.15) is 0 Å². The minimum atomic E-state index is 0.149. The van der Waals surface area contributed by atoms with Crippen molar-refractivity contribution in [3.8, 4) is 5.75 Å². The molecule has 1 rings (SSSR count). The van der Waals surface area contributed by atoms with E-state index >= 15 is 0 Å². The zero-order valence-corrected chi connectivity index (χ0v) is 11.2. The van der Waals surface area contributed by atoms with Crippen molar-refractivity contribution >= 4 is 27.5 Å². The van der Waals surface area contributed by atoms with Gasteiger partial charge < -0.3 is 10.5 Å². The minimum absolute atomic E-state index is 0.149. The molecule has 0 aromatic heterocycles. The van der Waals surface area contributed by atoms with Crippen LogP contribution in [0, 0.1) is 0 Å². The molecule has 4 heteroatoms. The average molecular weight is 293 g/mol. The molecule has 0 aliphatic carbocycles. The Bertz CT molecular complexity index is 344. The van der Waals surface area contributed by atoms with Crippen LogP contribution in [0.2, 0.25) is 5.02 Å². The first-order chi connectivity index (χ1) is 7.08. The van der Waals surface area contributed by atoms with Crippen LogP contribution in [-0.2, 0) is 6.42 Å². The monoisotopic (exact) mass is 291 g/mol. The number of benzene rings is 1. The van der Waals surface area contributed by atoms with Crippen LogP contribution < -0.4 is 10.5 Å². The zero-order valence-electron chi connectivity index (χ0n) is 8.89. The van der Waals surface area contributed by atoms with Gasteiger partial charge in [-0.15, -0.1) is 0 Å². The fraction of sp³-hybridized carbons (Fsp3) is 0.455. The zero-order chi connectivity index (χ0) is 11.4. The summed E-state index contributed by atoms with van der Waals surface area (Å²) in [6.45, 7) is 2.07. The summed E-state index contributed by atoms with van der Waals surface area (Å²) in [4.78, 5) is 0. The standard InChI is InChI=1S/C11H15BrClNO/c1-3-8(14)4-7-5-10(13)9(12)6-11(7)15-2/h5-6,8H,3-4,14H2,1-2H3. The largest absolute Gasteiger partial charge is 0.496 e. The van der Waals surface area contributed by atoms with Crippen LogP contribution >= 0.6 is 27.5 Å². The summed E-state index contributed by atoms with van der Waals surface area (Å²) in [5, 5.41) is 0.689. The van der Waals surface area contributed by atoms with Crippen LogP contribution in [0.15, 0.2) is 16.6 Å². The Morgan fingerprint density at radius 3 is 2.73 bits per heavy atom. The normalized spacial score (nSPS) is 12.6. The summed E-state index contributed by atoms with van der Waals surface area (Å²) in [5.74, 6) is 0.829. The van der Waals surface area contributed by atoms with Crippen LogP contribution in [0.25, 0.3) is 0 Å². The molecule has 0 aliphatic heterocycles. The summed E-state index contributed by atoms with van der Waals surface area (Å²) in [6.07, 6.45) is 1.73. The molecular weight excluding hydrogens is 277 g/mol. The van der Waals surface area contributed by atoms with E-state index < -0.39 is 0 Å². The predicted molar refractivity (Wildman–Crippen MR) is 67.7 cm³/mol. The molecule has 0 spiro atoms. The quantitative estimate of drug-likeness (QED) is 0.923. The van der Waals surface area contributed by atoms with Gasteiger partial charge in [-0.05, 0) is 46.5 Å². The summed E-state index contributed by atoms with van der Waals surface area (Å²) >= 11 is 9.39. The Morgan fingerprint density at radius 2 is 2.20 bits per heavy atom. The maximum atomic E-state index is 6.03. The second-order valence-electron chi connectivity index (χ2n) is 3.45. The smallest absolute Gasteiger partial charge is 0.123 e. The molecule has 0 amide bonds. The first kappa shape index (κ1) is 12.8. The van der Waals surface area contributed by atoms with E-state index in [0.29, 0.717) is 5.02 Å². The van der Waals surface area contributed by atoms with Crippen LogP contribution in [0.3, 0.4) is 0 Å². The number of rotatable bonds is 4. The van der Waals surface area contributed by atoms with Gasteiger partial charge in [0.25, 0.3) is 0 Å². The molecule has 1 atom stereocenters. The minimum Gasteiger partial charge on any atom is -0.496 e. The number of ether oxygens (including phenoxy) is 1. The van der Waals surface area contributed by atoms with Gasteiger partial charge in [-0.3, -0.25) is 0 Å². The highest BCUT2D eigenvalue weighted by Gasteiger charge is 2.10. The maximum Gasteiger partial charge on any atom is 0.123 e. The van der Waals surface area contributed by atoms with E-state index in [0.717, 1.165) is 28.6 Å². The van der Waals surface area contributed by atoms with Crippen molar-refractivity contribution in [3.63, 3.8) is 0 Å². The Balaban J connectivity index is 2.99. The van der Waals surface area contributed by atoms with Gasteiger partial charge in [0, 0.05) is 10.5 Å². The van der Waals surface area contributed by atoms with Crippen LogP contribution in [-0.4, -0.2) is 13.2 Å². The SMILES string of the molecule is CCC(N)Cc1cc(Cl)c(Br)cc1OC. The summed E-state index contributed by atoms with van der Waals surface area (Å²) in [7, 11) is 1.65. The van der Waals surface area contributed by atoms with Crippen LogP contribution in [0.5, 0.6) is 5.75 Å². The van der Waals surface area contributed by atoms with Crippen molar-refractivity contribution < 1.29 is 4.74 Å². The molecule has 0 bridgehead atoms. The lowest BCUT2D eigenvalue weighted by molar-refractivity contribution is 0.407. The van der Waals surface area contributed by atoms with Crippen molar-refractivity contribution in [3.05, 3.63) is 27.2 Å². The van der Waals surface area contributed by atoms with E-state index in [1.165, 1.54) is 0 Å². The van der Waals surface area contributed by atoms with Gasteiger partial charge in [0.1, 0.15) is 5.75 Å². The maximum absolute atomic E-state index is 6.03. The van der Waals surface area contributed by atoms with Crippen molar-refractivity contribution in [1.29, 1.82) is 0 Å². The van der Waals surface area contributed by atoms with E-state index in [-0.39, 0.29) is 6.04 Å². The molecule has 1 aromatic carbocycles. The second kappa shape index (κ2) is 5.73. The van der Waals surface area contributed by atoms with Gasteiger partial charge in [0.2, 0.25) is 0 Å². The van der Waals surface area contributed by atoms with Gasteiger partial charge in [0.15, 0.2) is 0 Å². The Kier molecular flexibility index (Phi) is 4.90. The molecule has 0 radical (unpaired) electrons. The van der Waals surface area contributed by atoms with Crippen molar-refractivity contribution in [2.75, 3.05) is 7.11 Å².